The van der Waals surface area contributed by atoms with E-state index in [9.17, 15) is 4.79 Å². The van der Waals surface area contributed by atoms with Crippen LogP contribution in [0.15, 0.2) is 0 Å². The highest BCUT2D eigenvalue weighted by atomic mass is 28.1. The van der Waals surface area contributed by atoms with Gasteiger partial charge in [0.15, 0.2) is 0 Å². The number of methoxy groups -OCH3 is 1. The molecule has 4 radical (unpaired) electrons. The van der Waals surface area contributed by atoms with Crippen molar-refractivity contribution in [2.45, 2.75) is 26.4 Å². The van der Waals surface area contributed by atoms with Gasteiger partial charge in [0.05, 0.1) is 12.7 Å². The molecule has 1 atom stereocenters. The van der Waals surface area contributed by atoms with Crippen molar-refractivity contribution in [1.82, 2.24) is 0 Å². The Morgan fingerprint density at radius 1 is 1.55 bits per heavy atom. The molecule has 0 bridgehead atoms. The number of carbonyl (C=O) groups is 1. The highest BCUT2D eigenvalue weighted by molar-refractivity contribution is 5.75. The van der Waals surface area contributed by atoms with E-state index < -0.39 is 0 Å². The molecule has 64 valence electrons. The highest BCUT2D eigenvalue weighted by Crippen LogP contribution is 1.94. The Morgan fingerprint density at radius 2 is 2.09 bits per heavy atom. The van der Waals surface area contributed by atoms with Gasteiger partial charge in [-0.15, -0.1) is 0 Å². The zero-order chi connectivity index (χ0) is 7.98. The number of rotatable bonds is 4. The molecule has 3 nitrogen and oxygen atoms in total. The third-order valence-corrected chi connectivity index (χ3v) is 1.23. The van der Waals surface area contributed by atoms with Gasteiger partial charge >= 0.3 is 5.97 Å². The van der Waals surface area contributed by atoms with E-state index in [-0.39, 0.29) is 23.0 Å². The first-order valence-electron chi connectivity index (χ1n) is 3.33. The molecule has 0 aromatic carbocycles. The fraction of sp³-hybridized carbons (Fsp3) is 0.857. The van der Waals surface area contributed by atoms with Crippen LogP contribution in [0.1, 0.15) is 20.3 Å². The van der Waals surface area contributed by atoms with Crippen molar-refractivity contribution in [2.24, 2.45) is 0 Å². The summed E-state index contributed by atoms with van der Waals surface area (Å²) in [6.07, 6.45) is 0.926. The van der Waals surface area contributed by atoms with Gasteiger partial charge in [-0.25, -0.2) is 0 Å². The summed E-state index contributed by atoms with van der Waals surface area (Å²) >= 11 is 0. The normalized spacial score (nSPS) is 11.5. The third-order valence-electron chi connectivity index (χ3n) is 1.23. The first-order chi connectivity index (χ1) is 4.66. The monoisotopic (exact) mass is 174 g/mol. The van der Waals surface area contributed by atoms with Gasteiger partial charge < -0.3 is 9.47 Å². The van der Waals surface area contributed by atoms with Gasteiger partial charge in [0.1, 0.15) is 0 Å². The van der Waals surface area contributed by atoms with Crippen LogP contribution >= 0.6 is 0 Å². The van der Waals surface area contributed by atoms with E-state index in [1.54, 1.807) is 7.11 Å². The van der Waals surface area contributed by atoms with Crippen molar-refractivity contribution in [3.05, 3.63) is 0 Å². The molecule has 0 fully saturated rings. The van der Waals surface area contributed by atoms with Crippen LogP contribution in [0.2, 0.25) is 0 Å². The molecular weight excluding hydrogens is 160 g/mol. The molecule has 0 rings (SSSR count). The predicted octanol–water partition coefficient (Wildman–Crippen LogP) is 0.594. The van der Waals surface area contributed by atoms with E-state index in [1.807, 2.05) is 6.92 Å². The Bertz CT molecular complexity index is 106. The van der Waals surface area contributed by atoms with Crippen molar-refractivity contribution >= 4 is 16.9 Å². The number of carbonyl (C=O) groups excluding carboxylic acids is 1. The van der Waals surface area contributed by atoms with Gasteiger partial charge in [-0.2, -0.15) is 0 Å². The van der Waals surface area contributed by atoms with Crippen molar-refractivity contribution in [3.8, 4) is 0 Å². The molecule has 0 aromatic rings. The zero-order valence-electron chi connectivity index (χ0n) is 7.22. The summed E-state index contributed by atoms with van der Waals surface area (Å²) < 4.78 is 9.64. The van der Waals surface area contributed by atoms with E-state index in [0.29, 0.717) is 6.61 Å². The quantitative estimate of drug-likeness (QED) is 0.462. The topological polar surface area (TPSA) is 35.5 Å². The molecule has 0 aliphatic rings. The minimum atomic E-state index is -0.233. The molecule has 11 heavy (non-hydrogen) atoms. The number of esters is 1. The molecular formula is C7H14O3Si. The first-order valence-corrected chi connectivity index (χ1v) is 3.33. The fourth-order valence-electron chi connectivity index (χ4n) is 0.486. The van der Waals surface area contributed by atoms with E-state index >= 15 is 0 Å². The molecule has 0 spiro atoms. The molecule has 1 unspecified atom stereocenters. The van der Waals surface area contributed by atoms with Crippen LogP contribution in [0, 0.1) is 0 Å². The maximum Gasteiger partial charge on any atom is 0.302 e. The number of hydrogen-bond acceptors (Lipinski definition) is 3. The van der Waals surface area contributed by atoms with Crippen molar-refractivity contribution in [2.75, 3.05) is 13.7 Å². The first kappa shape index (κ1) is 13.3. The van der Waals surface area contributed by atoms with Gasteiger partial charge in [-0.1, -0.05) is 0 Å². The van der Waals surface area contributed by atoms with E-state index in [0.717, 1.165) is 6.42 Å². The van der Waals surface area contributed by atoms with Crippen LogP contribution in [-0.2, 0) is 14.3 Å². The number of ether oxygens (including phenoxy) is 2. The molecule has 0 amide bonds. The van der Waals surface area contributed by atoms with Crippen molar-refractivity contribution < 1.29 is 14.3 Å². The van der Waals surface area contributed by atoms with Crippen molar-refractivity contribution in [1.29, 1.82) is 0 Å². The number of hydrogen-bond donors (Lipinski definition) is 0. The Hall–Kier alpha value is -0.353. The Balaban J connectivity index is 0. The summed E-state index contributed by atoms with van der Waals surface area (Å²) in [5.74, 6) is -0.233. The standard InChI is InChI=1S/C7H14O3.Si/c1-6(9-3)4-5-10-7(2)8;/h6H,4-5H2,1-3H3;. The van der Waals surface area contributed by atoms with E-state index in [1.165, 1.54) is 6.92 Å². The Morgan fingerprint density at radius 3 is 2.45 bits per heavy atom. The molecule has 4 heteroatoms. The lowest BCUT2D eigenvalue weighted by atomic mass is 10.3. The lowest BCUT2D eigenvalue weighted by molar-refractivity contribution is -0.141. The zero-order valence-corrected chi connectivity index (χ0v) is 8.22. The van der Waals surface area contributed by atoms with E-state index in [2.05, 4.69) is 0 Å². The minimum Gasteiger partial charge on any atom is -0.466 e. The second kappa shape index (κ2) is 7.75. The van der Waals surface area contributed by atoms with Crippen molar-refractivity contribution in [3.63, 3.8) is 0 Å². The average molecular weight is 174 g/mol. The van der Waals surface area contributed by atoms with E-state index in [4.69, 9.17) is 9.47 Å². The van der Waals surface area contributed by atoms with Crippen LogP contribution < -0.4 is 0 Å². The average Bonchev–Trinajstić information content (AvgIpc) is 1.87. The molecule has 0 aliphatic heterocycles. The highest BCUT2D eigenvalue weighted by Gasteiger charge is 1.99. The third kappa shape index (κ3) is 9.65. The molecule has 0 saturated carbocycles. The van der Waals surface area contributed by atoms with Gasteiger partial charge in [-0.3, -0.25) is 4.79 Å². The van der Waals surface area contributed by atoms with Crippen LogP contribution in [0.3, 0.4) is 0 Å². The summed E-state index contributed by atoms with van der Waals surface area (Å²) in [6.45, 7) is 3.78. The Kier molecular flexibility index (Phi) is 9.34. The minimum absolute atomic E-state index is 0. The van der Waals surface area contributed by atoms with Crippen LogP contribution in [0.5, 0.6) is 0 Å². The van der Waals surface area contributed by atoms with Gasteiger partial charge in [-0.05, 0) is 6.92 Å². The largest absolute Gasteiger partial charge is 0.466 e. The second-order valence-corrected chi connectivity index (χ2v) is 2.18. The predicted molar refractivity (Wildman–Crippen MR) is 43.5 cm³/mol. The van der Waals surface area contributed by atoms with Gasteiger partial charge in [0.2, 0.25) is 0 Å². The van der Waals surface area contributed by atoms with Gasteiger partial charge in [0.25, 0.3) is 0 Å². The van der Waals surface area contributed by atoms with Crippen LogP contribution in [0.4, 0.5) is 0 Å². The fourth-order valence-corrected chi connectivity index (χ4v) is 0.486. The summed E-state index contributed by atoms with van der Waals surface area (Å²) in [7, 11) is 1.64. The Labute approximate surface area is 72.1 Å². The summed E-state index contributed by atoms with van der Waals surface area (Å²) in [5.41, 5.74) is 0. The van der Waals surface area contributed by atoms with Gasteiger partial charge in [0, 0.05) is 31.4 Å². The summed E-state index contributed by atoms with van der Waals surface area (Å²) in [6, 6.07) is 0. The molecule has 0 aromatic heterocycles. The molecule has 0 aliphatic carbocycles. The van der Waals surface area contributed by atoms with Crippen LogP contribution in [-0.4, -0.2) is 36.8 Å². The SMILES string of the molecule is COC(C)CCOC(C)=O.[Si]. The van der Waals surface area contributed by atoms with Crippen LogP contribution in [0.25, 0.3) is 0 Å². The smallest absolute Gasteiger partial charge is 0.302 e. The molecule has 0 saturated heterocycles. The summed E-state index contributed by atoms with van der Waals surface area (Å²) in [4.78, 5) is 10.3. The molecule has 0 N–H and O–H groups in total. The summed E-state index contributed by atoms with van der Waals surface area (Å²) in [5, 5.41) is 0. The maximum atomic E-state index is 10.3. The maximum absolute atomic E-state index is 10.3. The molecule has 0 heterocycles. The second-order valence-electron chi connectivity index (χ2n) is 2.18. The lowest BCUT2D eigenvalue weighted by Gasteiger charge is -2.07. The lowest BCUT2D eigenvalue weighted by Crippen LogP contribution is -2.10.